The normalized spacial score (nSPS) is 21.3. The highest BCUT2D eigenvalue weighted by Crippen LogP contribution is 2.36. The molecule has 0 unspecified atom stereocenters. The second-order valence-corrected chi connectivity index (χ2v) is 10.6. The number of H-pyrrole nitrogens is 1. The summed E-state index contributed by atoms with van der Waals surface area (Å²) in [6.07, 6.45) is -5.98. The zero-order valence-corrected chi connectivity index (χ0v) is 25.8. The summed E-state index contributed by atoms with van der Waals surface area (Å²) in [5.41, 5.74) is 4.58. The molecule has 16 heteroatoms. The van der Waals surface area contributed by atoms with E-state index in [4.69, 9.17) is 47.9 Å². The Morgan fingerprint density at radius 2 is 1.83 bits per heavy atom. The fraction of sp³-hybridized carbons (Fsp3) is 0.538. The van der Waals surface area contributed by atoms with Crippen LogP contribution in [0.4, 0.5) is 4.39 Å². The lowest BCUT2D eigenvalue weighted by Gasteiger charge is -2.23. The highest BCUT2D eigenvalue weighted by Gasteiger charge is 2.49. The van der Waals surface area contributed by atoms with Crippen molar-refractivity contribution in [2.24, 2.45) is 11.7 Å². The minimum atomic E-state index is -2.04. The summed E-state index contributed by atoms with van der Waals surface area (Å²) in [6, 6.07) is 1.78. The molecule has 0 saturated carbocycles. The van der Waals surface area contributed by atoms with E-state index in [0.717, 1.165) is 4.57 Å². The standard InChI is InChI=1S/C26H33Cl2FN4O8.ClH/c1-6-13-10-33(26(37)32-23(13)35)24-19(29)21(41-25(36)20(30)11(2)3)18(40-24)9-31-22(34)12(4)39-17-8-16(38-5)14(27)7-15(17)28;/h7-8,10-12,18-21,24H,6,9,30H2,1-5H3,(H,31,34)(H,32,35,37);1H/t12-,18+,19+,20-,21+,24-;/m1./s1. The average Bonchev–Trinajstić information content (AvgIpc) is 3.22. The van der Waals surface area contributed by atoms with Gasteiger partial charge in [-0.15, -0.1) is 12.4 Å². The number of nitrogens with zero attached hydrogens (tertiary/aromatic N) is 1. The van der Waals surface area contributed by atoms with E-state index in [1.54, 1.807) is 20.8 Å². The number of esters is 1. The number of methoxy groups -OCH3 is 1. The van der Waals surface area contributed by atoms with Gasteiger partial charge in [0, 0.05) is 24.4 Å². The monoisotopic (exact) mass is 654 g/mol. The molecule has 234 valence electrons. The molecule has 1 aliphatic rings. The van der Waals surface area contributed by atoms with Gasteiger partial charge in [-0.25, -0.2) is 9.18 Å². The Labute approximate surface area is 257 Å². The van der Waals surface area contributed by atoms with Crippen LogP contribution < -0.4 is 31.8 Å². The molecule has 1 saturated heterocycles. The first-order valence-electron chi connectivity index (χ1n) is 12.9. The molecule has 2 heterocycles. The van der Waals surface area contributed by atoms with Crippen molar-refractivity contribution in [3.05, 3.63) is 54.8 Å². The number of benzene rings is 1. The van der Waals surface area contributed by atoms with Crippen molar-refractivity contribution in [3.63, 3.8) is 0 Å². The number of rotatable bonds is 11. The minimum absolute atomic E-state index is 0. The Balaban J connectivity index is 0.00000616. The number of alkyl halides is 1. The minimum Gasteiger partial charge on any atom is -0.495 e. The van der Waals surface area contributed by atoms with E-state index in [2.05, 4.69) is 10.3 Å². The second kappa shape index (κ2) is 15.1. The molecule has 0 radical (unpaired) electrons. The van der Waals surface area contributed by atoms with Gasteiger partial charge in [0.15, 0.2) is 24.6 Å². The first-order valence-corrected chi connectivity index (χ1v) is 13.6. The van der Waals surface area contributed by atoms with Crippen molar-refractivity contribution < 1.29 is 32.9 Å². The summed E-state index contributed by atoms with van der Waals surface area (Å²) in [5, 5.41) is 2.97. The molecule has 6 atom stereocenters. The molecule has 0 bridgehead atoms. The number of carbonyl (C=O) groups excluding carboxylic acids is 2. The van der Waals surface area contributed by atoms with Gasteiger partial charge in [-0.05, 0) is 25.3 Å². The number of ether oxygens (including phenoxy) is 4. The Morgan fingerprint density at radius 3 is 2.43 bits per heavy atom. The summed E-state index contributed by atoms with van der Waals surface area (Å²) in [5.74, 6) is -1.39. The third-order valence-corrected chi connectivity index (χ3v) is 7.15. The van der Waals surface area contributed by atoms with Crippen LogP contribution in [0.5, 0.6) is 11.5 Å². The smallest absolute Gasteiger partial charge is 0.330 e. The molecule has 1 amide bonds. The van der Waals surface area contributed by atoms with Crippen LogP contribution in [0.25, 0.3) is 0 Å². The molecule has 2 aromatic rings. The predicted molar refractivity (Wildman–Crippen MR) is 156 cm³/mol. The number of aromatic amines is 1. The number of nitrogens with one attached hydrogen (secondary N) is 2. The van der Waals surface area contributed by atoms with E-state index in [1.807, 2.05) is 0 Å². The molecule has 3 rings (SSSR count). The maximum absolute atomic E-state index is 15.8. The number of hydrogen-bond acceptors (Lipinski definition) is 9. The molecule has 1 aliphatic heterocycles. The molecule has 1 fully saturated rings. The van der Waals surface area contributed by atoms with Gasteiger partial charge in [0.1, 0.15) is 23.6 Å². The van der Waals surface area contributed by atoms with E-state index in [-0.39, 0.29) is 58.4 Å². The van der Waals surface area contributed by atoms with Gasteiger partial charge in [-0.3, -0.25) is 23.9 Å². The van der Waals surface area contributed by atoms with Crippen LogP contribution in [0.15, 0.2) is 27.9 Å². The first-order chi connectivity index (χ1) is 19.3. The Hall–Kier alpha value is -2.84. The fourth-order valence-corrected chi connectivity index (χ4v) is 4.53. The van der Waals surface area contributed by atoms with Gasteiger partial charge in [0.2, 0.25) is 0 Å². The van der Waals surface area contributed by atoms with Crippen molar-refractivity contribution in [1.29, 1.82) is 0 Å². The van der Waals surface area contributed by atoms with Crippen LogP contribution in [-0.4, -0.2) is 65.6 Å². The summed E-state index contributed by atoms with van der Waals surface area (Å²) in [6.45, 7) is 6.21. The van der Waals surface area contributed by atoms with Crippen LogP contribution >= 0.6 is 35.6 Å². The van der Waals surface area contributed by atoms with E-state index in [1.165, 1.54) is 32.4 Å². The van der Waals surface area contributed by atoms with Crippen LogP contribution in [0.2, 0.25) is 10.0 Å². The quantitative estimate of drug-likeness (QED) is 0.309. The fourth-order valence-electron chi connectivity index (χ4n) is 4.02. The third-order valence-electron chi connectivity index (χ3n) is 6.56. The van der Waals surface area contributed by atoms with Gasteiger partial charge >= 0.3 is 11.7 Å². The summed E-state index contributed by atoms with van der Waals surface area (Å²) in [4.78, 5) is 52.1. The van der Waals surface area contributed by atoms with E-state index >= 15 is 4.39 Å². The number of hydrogen-bond donors (Lipinski definition) is 3. The Morgan fingerprint density at radius 1 is 1.19 bits per heavy atom. The number of aryl methyl sites for hydroxylation is 1. The van der Waals surface area contributed by atoms with Gasteiger partial charge < -0.3 is 30.0 Å². The predicted octanol–water partition coefficient (Wildman–Crippen LogP) is 2.55. The Bertz CT molecular complexity index is 1390. The van der Waals surface area contributed by atoms with Crippen LogP contribution in [0.1, 0.15) is 39.5 Å². The summed E-state index contributed by atoms with van der Waals surface area (Å²) in [7, 11) is 1.41. The molecule has 1 aromatic heterocycles. The highest BCUT2D eigenvalue weighted by atomic mass is 35.5. The molecule has 0 aliphatic carbocycles. The molecular formula is C26H34Cl3FN4O8. The number of halogens is 4. The van der Waals surface area contributed by atoms with Gasteiger partial charge in [-0.2, -0.15) is 0 Å². The number of nitrogens with two attached hydrogens (primary N) is 1. The van der Waals surface area contributed by atoms with E-state index in [0.29, 0.717) is 0 Å². The van der Waals surface area contributed by atoms with Gasteiger partial charge in [0.05, 0.1) is 17.2 Å². The topological polar surface area (TPSA) is 164 Å². The van der Waals surface area contributed by atoms with Gasteiger partial charge in [0.25, 0.3) is 11.5 Å². The number of carbonyl (C=O) groups is 2. The second-order valence-electron chi connectivity index (χ2n) is 9.78. The first kappa shape index (κ1) is 35.4. The third kappa shape index (κ3) is 7.95. The van der Waals surface area contributed by atoms with Crippen LogP contribution in [0, 0.1) is 5.92 Å². The zero-order valence-electron chi connectivity index (χ0n) is 23.5. The largest absolute Gasteiger partial charge is 0.495 e. The molecule has 1 aromatic carbocycles. The van der Waals surface area contributed by atoms with Crippen molar-refractivity contribution in [3.8, 4) is 11.5 Å². The van der Waals surface area contributed by atoms with E-state index in [9.17, 15) is 19.2 Å². The highest BCUT2D eigenvalue weighted by molar-refractivity contribution is 6.36. The molecule has 4 N–H and O–H groups in total. The van der Waals surface area contributed by atoms with Crippen molar-refractivity contribution in [2.75, 3.05) is 13.7 Å². The number of aromatic nitrogens is 2. The molecular weight excluding hydrogens is 622 g/mol. The molecule has 12 nitrogen and oxygen atoms in total. The van der Waals surface area contributed by atoms with Gasteiger partial charge in [-0.1, -0.05) is 44.0 Å². The lowest BCUT2D eigenvalue weighted by Crippen LogP contribution is -2.47. The maximum Gasteiger partial charge on any atom is 0.330 e. The van der Waals surface area contributed by atoms with E-state index < -0.39 is 59.9 Å². The average molecular weight is 656 g/mol. The SMILES string of the molecule is CCc1cn([C@@H]2O[C@@H](CNC(=O)[C@@H](C)Oc3cc(OC)c(Cl)cc3Cl)[C@H](OC(=O)[C@H](N)C(C)C)[C@@H]2F)c(=O)[nH]c1=O.Cl. The van der Waals surface area contributed by atoms with Crippen molar-refractivity contribution in [1.82, 2.24) is 14.9 Å². The summed E-state index contributed by atoms with van der Waals surface area (Å²) < 4.78 is 38.6. The zero-order chi connectivity index (χ0) is 30.6. The lowest BCUT2D eigenvalue weighted by atomic mass is 10.1. The number of amides is 1. The molecule has 0 spiro atoms. The maximum atomic E-state index is 15.8. The Kier molecular flexibility index (Phi) is 12.7. The summed E-state index contributed by atoms with van der Waals surface area (Å²) >= 11 is 12.2. The van der Waals surface area contributed by atoms with Crippen LogP contribution in [0.3, 0.4) is 0 Å². The van der Waals surface area contributed by atoms with Crippen molar-refractivity contribution in [2.45, 2.75) is 70.9 Å². The van der Waals surface area contributed by atoms with Crippen LogP contribution in [-0.2, 0) is 25.5 Å². The molecule has 42 heavy (non-hydrogen) atoms. The lowest BCUT2D eigenvalue weighted by molar-refractivity contribution is -0.156. The van der Waals surface area contributed by atoms with Crippen molar-refractivity contribution >= 4 is 47.5 Å².